The van der Waals surface area contributed by atoms with Gasteiger partial charge >= 0.3 is 5.97 Å². The molecule has 5 nitrogen and oxygen atoms in total. The second-order valence-electron chi connectivity index (χ2n) is 5.26. The second-order valence-corrected chi connectivity index (χ2v) is 8.97. The van der Waals surface area contributed by atoms with E-state index in [2.05, 4.69) is 11.3 Å². The zero-order valence-corrected chi connectivity index (χ0v) is 16.2. The third kappa shape index (κ3) is 4.49. The van der Waals surface area contributed by atoms with Crippen molar-refractivity contribution in [3.63, 3.8) is 0 Å². The third-order valence-corrected chi connectivity index (χ3v) is 6.69. The molecule has 0 fully saturated rings. The molecule has 0 atom stereocenters. The minimum Gasteiger partial charge on any atom is -0.465 e. The topological polar surface area (TPSA) is 63.7 Å². The number of sulfonamides is 1. The lowest BCUT2D eigenvalue weighted by Crippen LogP contribution is -2.31. The Balaban J connectivity index is 2.45. The Morgan fingerprint density at radius 3 is 2.64 bits per heavy atom. The van der Waals surface area contributed by atoms with Gasteiger partial charge in [0.05, 0.1) is 21.9 Å². The molecule has 2 rings (SSSR count). The first-order valence-electron chi connectivity index (χ1n) is 7.33. The summed E-state index contributed by atoms with van der Waals surface area (Å²) >= 11 is 7.25. The monoisotopic (exact) mass is 399 g/mol. The number of benzene rings is 1. The number of ether oxygens (including phenoxy) is 1. The number of esters is 1. The van der Waals surface area contributed by atoms with E-state index >= 15 is 0 Å². The van der Waals surface area contributed by atoms with Crippen LogP contribution >= 0.6 is 22.9 Å². The van der Waals surface area contributed by atoms with E-state index in [0.29, 0.717) is 9.90 Å². The molecule has 0 bridgehead atoms. The molecule has 0 aliphatic rings. The summed E-state index contributed by atoms with van der Waals surface area (Å²) in [5.41, 5.74) is 0.732. The Kier molecular flexibility index (Phi) is 6.40. The number of halogens is 1. The van der Waals surface area contributed by atoms with Gasteiger partial charge in [-0.1, -0.05) is 23.7 Å². The van der Waals surface area contributed by atoms with Gasteiger partial charge in [0.15, 0.2) is 0 Å². The van der Waals surface area contributed by atoms with Gasteiger partial charge in [-0.25, -0.2) is 13.2 Å². The number of rotatable bonds is 7. The fourth-order valence-electron chi connectivity index (χ4n) is 2.26. The normalized spacial score (nSPS) is 11.5. The van der Waals surface area contributed by atoms with Crippen molar-refractivity contribution in [2.75, 3.05) is 13.7 Å². The van der Waals surface area contributed by atoms with Gasteiger partial charge in [-0.05, 0) is 36.8 Å². The van der Waals surface area contributed by atoms with Crippen LogP contribution in [-0.4, -0.2) is 32.3 Å². The van der Waals surface area contributed by atoms with Gasteiger partial charge in [0, 0.05) is 18.0 Å². The smallest absolute Gasteiger partial charge is 0.337 e. The maximum absolute atomic E-state index is 13.1. The molecule has 8 heteroatoms. The van der Waals surface area contributed by atoms with E-state index in [4.69, 9.17) is 11.6 Å². The summed E-state index contributed by atoms with van der Waals surface area (Å²) in [6.45, 7) is 5.63. The first-order chi connectivity index (χ1) is 11.8. The van der Waals surface area contributed by atoms with Crippen molar-refractivity contribution in [3.05, 3.63) is 63.3 Å². The average Bonchev–Trinajstić information content (AvgIpc) is 2.99. The molecular formula is C17H18ClNO4S2. The van der Waals surface area contributed by atoms with Crippen molar-refractivity contribution >= 4 is 38.9 Å². The standard InChI is InChI=1S/C17H18ClNO4S2/c1-4-9-19(11-14-7-8-16(18)24-14)25(21,22)15-10-13(17(20)23-3)6-5-12(15)2/h4-8,10H,1,9,11H2,2-3H3. The number of thiophene rings is 1. The fraction of sp³-hybridized carbons (Fsp3) is 0.235. The summed E-state index contributed by atoms with van der Waals surface area (Å²) in [6, 6.07) is 7.98. The van der Waals surface area contributed by atoms with Crippen molar-refractivity contribution < 1.29 is 17.9 Å². The SMILES string of the molecule is C=CCN(Cc1ccc(Cl)s1)S(=O)(=O)c1cc(C(=O)OC)ccc1C. The summed E-state index contributed by atoms with van der Waals surface area (Å²) in [7, 11) is -2.58. The lowest BCUT2D eigenvalue weighted by molar-refractivity contribution is 0.0600. The Morgan fingerprint density at radius 2 is 2.08 bits per heavy atom. The lowest BCUT2D eigenvalue weighted by atomic mass is 10.1. The highest BCUT2D eigenvalue weighted by Gasteiger charge is 2.27. The van der Waals surface area contributed by atoms with E-state index in [0.717, 1.165) is 4.88 Å². The summed E-state index contributed by atoms with van der Waals surface area (Å²) in [6.07, 6.45) is 1.52. The summed E-state index contributed by atoms with van der Waals surface area (Å²) in [5.74, 6) is -0.586. The van der Waals surface area contributed by atoms with Crippen LogP contribution in [0, 0.1) is 6.92 Å². The van der Waals surface area contributed by atoms with Crippen LogP contribution in [0.5, 0.6) is 0 Å². The highest BCUT2D eigenvalue weighted by Crippen LogP contribution is 2.27. The van der Waals surface area contributed by atoms with Crippen LogP contribution in [0.3, 0.4) is 0 Å². The van der Waals surface area contributed by atoms with Crippen LogP contribution in [0.2, 0.25) is 4.34 Å². The molecule has 1 heterocycles. The van der Waals surface area contributed by atoms with Crippen LogP contribution in [0.25, 0.3) is 0 Å². The Labute approximate surface area is 156 Å². The van der Waals surface area contributed by atoms with Crippen molar-refractivity contribution in [2.45, 2.75) is 18.4 Å². The van der Waals surface area contributed by atoms with Crippen LogP contribution < -0.4 is 0 Å². The van der Waals surface area contributed by atoms with Crippen molar-refractivity contribution in [2.24, 2.45) is 0 Å². The minimum absolute atomic E-state index is 0.0694. The molecule has 1 aromatic heterocycles. The molecule has 0 amide bonds. The van der Waals surface area contributed by atoms with Crippen molar-refractivity contribution in [1.29, 1.82) is 0 Å². The zero-order chi connectivity index (χ0) is 18.6. The molecule has 25 heavy (non-hydrogen) atoms. The number of nitrogens with zero attached hydrogens (tertiary/aromatic N) is 1. The number of aryl methyl sites for hydroxylation is 1. The van der Waals surface area contributed by atoms with E-state index < -0.39 is 16.0 Å². The first kappa shape index (κ1) is 19.7. The molecule has 0 saturated heterocycles. The molecule has 0 spiro atoms. The zero-order valence-electron chi connectivity index (χ0n) is 13.9. The first-order valence-corrected chi connectivity index (χ1v) is 9.97. The summed E-state index contributed by atoms with van der Waals surface area (Å²) in [4.78, 5) is 12.6. The second kappa shape index (κ2) is 8.14. The predicted molar refractivity (Wildman–Crippen MR) is 99.6 cm³/mol. The van der Waals surface area contributed by atoms with Crippen molar-refractivity contribution in [3.8, 4) is 0 Å². The van der Waals surface area contributed by atoms with Gasteiger partial charge in [-0.2, -0.15) is 4.31 Å². The lowest BCUT2D eigenvalue weighted by Gasteiger charge is -2.21. The molecule has 0 radical (unpaired) electrons. The molecule has 0 aliphatic carbocycles. The van der Waals surface area contributed by atoms with Gasteiger partial charge in [-0.15, -0.1) is 17.9 Å². The summed E-state index contributed by atoms with van der Waals surface area (Å²) < 4.78 is 32.8. The quantitative estimate of drug-likeness (QED) is 0.523. The molecule has 134 valence electrons. The van der Waals surface area contributed by atoms with E-state index in [9.17, 15) is 13.2 Å². The average molecular weight is 400 g/mol. The molecule has 0 aliphatic heterocycles. The van der Waals surface area contributed by atoms with Gasteiger partial charge in [-0.3, -0.25) is 0 Å². The number of methoxy groups -OCH3 is 1. The summed E-state index contributed by atoms with van der Waals surface area (Å²) in [5, 5.41) is 0. The number of carbonyl (C=O) groups excluding carboxylic acids is 1. The van der Waals surface area contributed by atoms with E-state index in [1.165, 1.54) is 41.0 Å². The van der Waals surface area contributed by atoms with Crippen LogP contribution in [0.1, 0.15) is 20.8 Å². The van der Waals surface area contributed by atoms with E-state index in [1.54, 1.807) is 25.1 Å². The molecule has 0 unspecified atom stereocenters. The maximum Gasteiger partial charge on any atom is 0.337 e. The number of carbonyl (C=O) groups is 1. The molecular weight excluding hydrogens is 382 g/mol. The molecule has 2 aromatic rings. The van der Waals surface area contributed by atoms with Gasteiger partial charge in [0.2, 0.25) is 10.0 Å². The van der Waals surface area contributed by atoms with Gasteiger partial charge in [0.1, 0.15) is 0 Å². The van der Waals surface area contributed by atoms with Crippen LogP contribution in [-0.2, 0) is 21.3 Å². The van der Waals surface area contributed by atoms with E-state index in [1.807, 2.05) is 0 Å². The Morgan fingerprint density at radius 1 is 1.36 bits per heavy atom. The van der Waals surface area contributed by atoms with Crippen LogP contribution in [0.15, 0.2) is 47.9 Å². The van der Waals surface area contributed by atoms with Crippen LogP contribution in [0.4, 0.5) is 0 Å². The molecule has 1 aromatic carbocycles. The van der Waals surface area contributed by atoms with Gasteiger partial charge in [0.25, 0.3) is 0 Å². The van der Waals surface area contributed by atoms with Crippen molar-refractivity contribution in [1.82, 2.24) is 4.31 Å². The highest BCUT2D eigenvalue weighted by atomic mass is 35.5. The molecule has 0 saturated carbocycles. The number of hydrogen-bond donors (Lipinski definition) is 0. The van der Waals surface area contributed by atoms with E-state index in [-0.39, 0.29) is 23.5 Å². The highest BCUT2D eigenvalue weighted by molar-refractivity contribution is 7.89. The Bertz CT molecular complexity index is 890. The fourth-order valence-corrected chi connectivity index (χ4v) is 5.09. The van der Waals surface area contributed by atoms with Gasteiger partial charge < -0.3 is 4.74 Å². The largest absolute Gasteiger partial charge is 0.465 e. The predicted octanol–water partition coefficient (Wildman–Crippen LogP) is 3.87. The Hall–Kier alpha value is -1.67. The number of hydrogen-bond acceptors (Lipinski definition) is 5. The molecule has 0 N–H and O–H groups in total. The third-order valence-electron chi connectivity index (χ3n) is 3.52. The maximum atomic E-state index is 13.1. The minimum atomic E-state index is -3.83.